The average Bonchev–Trinajstić information content (AvgIpc) is 2.23. The molecule has 1 aliphatic rings. The number of hydrogen-bond donors (Lipinski definition) is 1. The SMILES string of the molecule is COCCCN1CCCC(NC(C)C)C1=O. The number of hydrogen-bond acceptors (Lipinski definition) is 3. The van der Waals surface area contributed by atoms with Gasteiger partial charge in [-0.15, -0.1) is 0 Å². The van der Waals surface area contributed by atoms with Gasteiger partial charge in [-0.3, -0.25) is 4.79 Å². The Hall–Kier alpha value is -0.610. The largest absolute Gasteiger partial charge is 0.385 e. The maximum Gasteiger partial charge on any atom is 0.239 e. The first kappa shape index (κ1) is 13.5. The highest BCUT2D eigenvalue weighted by molar-refractivity contribution is 5.82. The molecule has 1 unspecified atom stereocenters. The highest BCUT2D eigenvalue weighted by Gasteiger charge is 2.28. The van der Waals surface area contributed by atoms with Gasteiger partial charge in [0.1, 0.15) is 0 Å². The van der Waals surface area contributed by atoms with Gasteiger partial charge in [0, 0.05) is 32.8 Å². The molecule has 0 bridgehead atoms. The number of amides is 1. The Kier molecular flexibility index (Phi) is 5.77. The Morgan fingerprint density at radius 1 is 1.56 bits per heavy atom. The number of nitrogens with one attached hydrogen (secondary N) is 1. The van der Waals surface area contributed by atoms with Crippen molar-refractivity contribution >= 4 is 5.91 Å². The molecule has 1 atom stereocenters. The standard InChI is InChI=1S/C12H24N2O2/c1-10(2)13-11-6-4-7-14(12(11)15)8-5-9-16-3/h10-11,13H,4-9H2,1-3H3. The first-order valence-electron chi connectivity index (χ1n) is 6.19. The summed E-state index contributed by atoms with van der Waals surface area (Å²) in [7, 11) is 1.70. The van der Waals surface area contributed by atoms with E-state index < -0.39 is 0 Å². The molecular weight excluding hydrogens is 204 g/mol. The van der Waals surface area contributed by atoms with Crippen LogP contribution in [0.25, 0.3) is 0 Å². The molecule has 0 aromatic carbocycles. The molecule has 1 saturated heterocycles. The van der Waals surface area contributed by atoms with Crippen molar-refractivity contribution in [1.82, 2.24) is 10.2 Å². The van der Waals surface area contributed by atoms with E-state index in [-0.39, 0.29) is 11.9 Å². The predicted molar refractivity (Wildman–Crippen MR) is 64.4 cm³/mol. The van der Waals surface area contributed by atoms with Crippen LogP contribution in [0.3, 0.4) is 0 Å². The van der Waals surface area contributed by atoms with Gasteiger partial charge in [0.25, 0.3) is 0 Å². The zero-order chi connectivity index (χ0) is 12.0. The van der Waals surface area contributed by atoms with Crippen LogP contribution in [-0.2, 0) is 9.53 Å². The first-order valence-corrected chi connectivity index (χ1v) is 6.19. The Morgan fingerprint density at radius 3 is 2.94 bits per heavy atom. The quantitative estimate of drug-likeness (QED) is 0.690. The molecule has 0 aromatic heterocycles. The minimum Gasteiger partial charge on any atom is -0.385 e. The lowest BCUT2D eigenvalue weighted by Gasteiger charge is -2.33. The molecule has 1 rings (SSSR count). The summed E-state index contributed by atoms with van der Waals surface area (Å²) in [6.07, 6.45) is 3.00. The van der Waals surface area contributed by atoms with Gasteiger partial charge in [-0.25, -0.2) is 0 Å². The van der Waals surface area contributed by atoms with Crippen LogP contribution in [0.2, 0.25) is 0 Å². The van der Waals surface area contributed by atoms with E-state index in [4.69, 9.17) is 4.74 Å². The van der Waals surface area contributed by atoms with Gasteiger partial charge in [-0.1, -0.05) is 13.8 Å². The van der Waals surface area contributed by atoms with E-state index in [1.54, 1.807) is 7.11 Å². The Labute approximate surface area is 98.3 Å². The molecule has 4 heteroatoms. The van der Waals surface area contributed by atoms with E-state index >= 15 is 0 Å². The number of likely N-dealkylation sites (tertiary alicyclic amines) is 1. The van der Waals surface area contributed by atoms with Crippen molar-refractivity contribution < 1.29 is 9.53 Å². The average molecular weight is 228 g/mol. The van der Waals surface area contributed by atoms with Crippen LogP contribution in [0.1, 0.15) is 33.1 Å². The molecule has 0 radical (unpaired) electrons. The molecule has 94 valence electrons. The van der Waals surface area contributed by atoms with Crippen LogP contribution in [0.5, 0.6) is 0 Å². The Balaban J connectivity index is 2.38. The van der Waals surface area contributed by atoms with Crippen molar-refractivity contribution in [3.05, 3.63) is 0 Å². The topological polar surface area (TPSA) is 41.6 Å². The van der Waals surface area contributed by atoms with Gasteiger partial charge in [0.15, 0.2) is 0 Å². The molecule has 1 fully saturated rings. The van der Waals surface area contributed by atoms with Crippen LogP contribution >= 0.6 is 0 Å². The second-order valence-corrected chi connectivity index (χ2v) is 4.69. The van der Waals surface area contributed by atoms with Crippen LogP contribution < -0.4 is 5.32 Å². The molecule has 1 heterocycles. The van der Waals surface area contributed by atoms with Gasteiger partial charge in [-0.2, -0.15) is 0 Å². The third-order valence-electron chi connectivity index (χ3n) is 2.84. The number of rotatable bonds is 6. The number of piperidine rings is 1. The number of carbonyl (C=O) groups excluding carboxylic acids is 1. The van der Waals surface area contributed by atoms with Crippen molar-refractivity contribution in [2.75, 3.05) is 26.8 Å². The predicted octanol–water partition coefficient (Wildman–Crippen LogP) is 1.01. The van der Waals surface area contributed by atoms with Crippen molar-refractivity contribution in [3.63, 3.8) is 0 Å². The van der Waals surface area contributed by atoms with Crippen LogP contribution in [0.4, 0.5) is 0 Å². The lowest BCUT2D eigenvalue weighted by atomic mass is 10.0. The number of nitrogens with zero attached hydrogens (tertiary/aromatic N) is 1. The normalized spacial score (nSPS) is 21.9. The Bertz CT molecular complexity index is 219. The van der Waals surface area contributed by atoms with Crippen molar-refractivity contribution in [1.29, 1.82) is 0 Å². The van der Waals surface area contributed by atoms with Gasteiger partial charge >= 0.3 is 0 Å². The molecule has 0 aliphatic carbocycles. The molecule has 1 N–H and O–H groups in total. The number of methoxy groups -OCH3 is 1. The lowest BCUT2D eigenvalue weighted by molar-refractivity contribution is -0.136. The zero-order valence-corrected chi connectivity index (χ0v) is 10.7. The third kappa shape index (κ3) is 4.10. The summed E-state index contributed by atoms with van der Waals surface area (Å²) in [4.78, 5) is 14.0. The Morgan fingerprint density at radius 2 is 2.31 bits per heavy atom. The fourth-order valence-electron chi connectivity index (χ4n) is 2.12. The summed E-state index contributed by atoms with van der Waals surface area (Å²) in [5, 5.41) is 3.33. The van der Waals surface area contributed by atoms with E-state index in [1.807, 2.05) is 4.90 Å². The highest BCUT2D eigenvalue weighted by Crippen LogP contribution is 2.12. The lowest BCUT2D eigenvalue weighted by Crippen LogP contribution is -2.52. The van der Waals surface area contributed by atoms with E-state index in [0.717, 1.165) is 39.0 Å². The summed E-state index contributed by atoms with van der Waals surface area (Å²) < 4.78 is 5.01. The molecule has 16 heavy (non-hydrogen) atoms. The molecule has 0 aromatic rings. The van der Waals surface area contributed by atoms with E-state index in [9.17, 15) is 4.79 Å². The molecule has 4 nitrogen and oxygen atoms in total. The maximum absolute atomic E-state index is 12.1. The summed E-state index contributed by atoms with van der Waals surface area (Å²) in [6, 6.07) is 0.393. The highest BCUT2D eigenvalue weighted by atomic mass is 16.5. The van der Waals surface area contributed by atoms with Crippen LogP contribution in [0, 0.1) is 0 Å². The molecule has 1 amide bonds. The van der Waals surface area contributed by atoms with E-state index in [1.165, 1.54) is 0 Å². The number of ether oxygens (including phenoxy) is 1. The molecule has 1 aliphatic heterocycles. The summed E-state index contributed by atoms with van der Waals surface area (Å²) in [5.41, 5.74) is 0. The summed E-state index contributed by atoms with van der Waals surface area (Å²) in [5.74, 6) is 0.260. The first-order chi connectivity index (χ1) is 7.65. The van der Waals surface area contributed by atoms with Crippen LogP contribution in [-0.4, -0.2) is 49.7 Å². The van der Waals surface area contributed by atoms with Crippen LogP contribution in [0.15, 0.2) is 0 Å². The van der Waals surface area contributed by atoms with Crippen molar-refractivity contribution in [2.45, 2.75) is 45.2 Å². The minimum atomic E-state index is 0.0243. The fraction of sp³-hybridized carbons (Fsp3) is 0.917. The van der Waals surface area contributed by atoms with Crippen molar-refractivity contribution in [2.24, 2.45) is 0 Å². The fourth-order valence-corrected chi connectivity index (χ4v) is 2.12. The second-order valence-electron chi connectivity index (χ2n) is 4.69. The second kappa shape index (κ2) is 6.86. The minimum absolute atomic E-state index is 0.0243. The smallest absolute Gasteiger partial charge is 0.239 e. The summed E-state index contributed by atoms with van der Waals surface area (Å²) in [6.45, 7) is 6.61. The van der Waals surface area contributed by atoms with Crippen molar-refractivity contribution in [3.8, 4) is 0 Å². The van der Waals surface area contributed by atoms with Gasteiger partial charge in [0.2, 0.25) is 5.91 Å². The van der Waals surface area contributed by atoms with Gasteiger partial charge in [-0.05, 0) is 19.3 Å². The monoisotopic (exact) mass is 228 g/mol. The van der Waals surface area contributed by atoms with E-state index in [2.05, 4.69) is 19.2 Å². The van der Waals surface area contributed by atoms with Gasteiger partial charge in [0.05, 0.1) is 6.04 Å². The molecule has 0 saturated carbocycles. The van der Waals surface area contributed by atoms with E-state index in [0.29, 0.717) is 6.04 Å². The molecular formula is C12H24N2O2. The zero-order valence-electron chi connectivity index (χ0n) is 10.7. The van der Waals surface area contributed by atoms with Gasteiger partial charge < -0.3 is 15.0 Å². The molecule has 0 spiro atoms. The maximum atomic E-state index is 12.1. The third-order valence-corrected chi connectivity index (χ3v) is 2.84. The summed E-state index contributed by atoms with van der Waals surface area (Å²) >= 11 is 0. The number of carbonyl (C=O) groups is 1.